The van der Waals surface area contributed by atoms with Gasteiger partial charge in [0.2, 0.25) is 0 Å². The second kappa shape index (κ2) is 8.90. The van der Waals surface area contributed by atoms with Crippen LogP contribution in [0.2, 0.25) is 5.02 Å². The molecule has 1 aromatic carbocycles. The van der Waals surface area contributed by atoms with Crippen LogP contribution in [0.5, 0.6) is 5.75 Å². The molecule has 0 aromatic heterocycles. The van der Waals surface area contributed by atoms with Crippen LogP contribution in [-0.2, 0) is 11.2 Å². The highest BCUT2D eigenvalue weighted by Gasteiger charge is 2.09. The number of nitrogens with one attached hydrogen (secondary N) is 1. The van der Waals surface area contributed by atoms with E-state index >= 15 is 0 Å². The molecule has 5 heteroatoms. The van der Waals surface area contributed by atoms with E-state index in [9.17, 15) is 4.79 Å². The fourth-order valence-corrected chi connectivity index (χ4v) is 2.06. The van der Waals surface area contributed by atoms with E-state index in [1.54, 1.807) is 6.07 Å². The van der Waals surface area contributed by atoms with Crippen LogP contribution in [0.4, 0.5) is 0 Å². The van der Waals surface area contributed by atoms with Gasteiger partial charge in [-0.15, -0.1) is 0 Å². The van der Waals surface area contributed by atoms with Crippen molar-refractivity contribution in [2.45, 2.75) is 52.1 Å². The normalized spacial score (nSPS) is 13.6. The van der Waals surface area contributed by atoms with E-state index in [-0.39, 0.29) is 24.6 Å². The lowest BCUT2D eigenvalue weighted by Gasteiger charge is -2.14. The molecule has 21 heavy (non-hydrogen) atoms. The average molecular weight is 313 g/mol. The number of hydrogen-bond acceptors (Lipinski definition) is 3. The Morgan fingerprint density at radius 2 is 2.10 bits per heavy atom. The van der Waals surface area contributed by atoms with E-state index in [0.29, 0.717) is 10.8 Å². The molecule has 3 N–H and O–H groups in total. The molecule has 2 atom stereocenters. The zero-order valence-electron chi connectivity index (χ0n) is 13.0. The maximum absolute atomic E-state index is 11.7. The minimum Gasteiger partial charge on any atom is -0.482 e. The zero-order chi connectivity index (χ0) is 15.8. The topological polar surface area (TPSA) is 64.3 Å². The smallest absolute Gasteiger partial charge is 0.258 e. The molecule has 0 bridgehead atoms. The first-order valence-corrected chi connectivity index (χ1v) is 7.80. The number of rotatable bonds is 8. The number of carbonyl (C=O) groups is 1. The van der Waals surface area contributed by atoms with E-state index in [1.807, 2.05) is 26.0 Å². The van der Waals surface area contributed by atoms with Crippen LogP contribution in [0.15, 0.2) is 18.2 Å². The standard InChI is InChI=1S/C16H25ClN2O2/c1-4-11(3)19-16(20)10-21-15-7-6-12(9-14(15)17)8-13(18)5-2/h6-7,9,11,13H,4-5,8,10,18H2,1-3H3,(H,19,20). The number of benzene rings is 1. The van der Waals surface area contributed by atoms with Gasteiger partial charge in [0.15, 0.2) is 6.61 Å². The van der Waals surface area contributed by atoms with Gasteiger partial charge in [-0.05, 0) is 43.9 Å². The molecular weight excluding hydrogens is 288 g/mol. The van der Waals surface area contributed by atoms with Crippen LogP contribution < -0.4 is 15.8 Å². The Kier molecular flexibility index (Phi) is 7.54. The minimum absolute atomic E-state index is 0.0299. The van der Waals surface area contributed by atoms with Crippen molar-refractivity contribution in [3.8, 4) is 5.75 Å². The Balaban J connectivity index is 2.55. The number of amides is 1. The molecule has 0 saturated carbocycles. The maximum atomic E-state index is 11.7. The summed E-state index contributed by atoms with van der Waals surface area (Å²) in [6, 6.07) is 5.85. The molecule has 2 unspecified atom stereocenters. The van der Waals surface area contributed by atoms with E-state index < -0.39 is 0 Å². The molecule has 4 nitrogen and oxygen atoms in total. The predicted molar refractivity (Wildman–Crippen MR) is 86.8 cm³/mol. The van der Waals surface area contributed by atoms with Crippen LogP contribution in [0.3, 0.4) is 0 Å². The molecule has 0 heterocycles. The van der Waals surface area contributed by atoms with E-state index in [0.717, 1.165) is 24.8 Å². The second-order valence-electron chi connectivity index (χ2n) is 5.30. The van der Waals surface area contributed by atoms with Crippen molar-refractivity contribution in [1.82, 2.24) is 5.32 Å². The van der Waals surface area contributed by atoms with Crippen LogP contribution in [-0.4, -0.2) is 24.6 Å². The molecule has 1 amide bonds. The third-order valence-corrected chi connectivity index (χ3v) is 3.69. The van der Waals surface area contributed by atoms with Crippen molar-refractivity contribution >= 4 is 17.5 Å². The summed E-state index contributed by atoms with van der Waals surface area (Å²) >= 11 is 6.17. The first kappa shape index (κ1) is 17.8. The molecule has 1 aromatic rings. The van der Waals surface area contributed by atoms with Gasteiger partial charge in [0.25, 0.3) is 5.91 Å². The summed E-state index contributed by atoms with van der Waals surface area (Å²) in [5.74, 6) is 0.377. The Hall–Kier alpha value is -1.26. The summed E-state index contributed by atoms with van der Waals surface area (Å²) in [5, 5.41) is 3.35. The largest absolute Gasteiger partial charge is 0.482 e. The second-order valence-corrected chi connectivity index (χ2v) is 5.71. The zero-order valence-corrected chi connectivity index (χ0v) is 13.7. The van der Waals surface area contributed by atoms with Gasteiger partial charge in [-0.1, -0.05) is 31.5 Å². The van der Waals surface area contributed by atoms with Crippen molar-refractivity contribution in [3.63, 3.8) is 0 Å². The van der Waals surface area contributed by atoms with E-state index in [4.69, 9.17) is 22.1 Å². The molecule has 0 aliphatic rings. The lowest BCUT2D eigenvalue weighted by molar-refractivity contribution is -0.123. The first-order chi connectivity index (χ1) is 9.96. The van der Waals surface area contributed by atoms with Gasteiger partial charge in [0.05, 0.1) is 5.02 Å². The van der Waals surface area contributed by atoms with Gasteiger partial charge in [-0.25, -0.2) is 0 Å². The Morgan fingerprint density at radius 1 is 1.38 bits per heavy atom. The Labute approximate surface area is 132 Å². The van der Waals surface area contributed by atoms with Crippen LogP contribution in [0.1, 0.15) is 39.2 Å². The first-order valence-electron chi connectivity index (χ1n) is 7.42. The molecule has 0 aliphatic carbocycles. The van der Waals surface area contributed by atoms with E-state index in [1.165, 1.54) is 0 Å². The number of carbonyl (C=O) groups excluding carboxylic acids is 1. The molecule has 0 aliphatic heterocycles. The molecule has 0 radical (unpaired) electrons. The highest BCUT2D eigenvalue weighted by atomic mass is 35.5. The highest BCUT2D eigenvalue weighted by Crippen LogP contribution is 2.26. The van der Waals surface area contributed by atoms with Gasteiger partial charge in [-0.3, -0.25) is 4.79 Å². The van der Waals surface area contributed by atoms with E-state index in [2.05, 4.69) is 12.2 Å². The fourth-order valence-electron chi connectivity index (χ4n) is 1.80. The van der Waals surface area contributed by atoms with Gasteiger partial charge >= 0.3 is 0 Å². The van der Waals surface area contributed by atoms with Crippen LogP contribution in [0.25, 0.3) is 0 Å². The van der Waals surface area contributed by atoms with Gasteiger partial charge in [0, 0.05) is 12.1 Å². The average Bonchev–Trinajstić information content (AvgIpc) is 2.46. The monoisotopic (exact) mass is 312 g/mol. The molecular formula is C16H25ClN2O2. The molecule has 1 rings (SSSR count). The lowest BCUT2D eigenvalue weighted by atomic mass is 10.0. The fraction of sp³-hybridized carbons (Fsp3) is 0.562. The maximum Gasteiger partial charge on any atom is 0.258 e. The van der Waals surface area contributed by atoms with Crippen molar-refractivity contribution < 1.29 is 9.53 Å². The summed E-state index contributed by atoms with van der Waals surface area (Å²) in [6.07, 6.45) is 2.59. The summed E-state index contributed by atoms with van der Waals surface area (Å²) in [6.45, 7) is 6.00. The Morgan fingerprint density at radius 3 is 2.67 bits per heavy atom. The van der Waals surface area contributed by atoms with Crippen molar-refractivity contribution in [3.05, 3.63) is 28.8 Å². The third-order valence-electron chi connectivity index (χ3n) is 3.40. The molecule has 0 fully saturated rings. The Bertz CT molecular complexity index is 466. The van der Waals surface area contributed by atoms with Crippen molar-refractivity contribution in [2.75, 3.05) is 6.61 Å². The number of nitrogens with two attached hydrogens (primary N) is 1. The minimum atomic E-state index is -0.141. The molecule has 118 valence electrons. The number of hydrogen-bond donors (Lipinski definition) is 2. The van der Waals surface area contributed by atoms with Gasteiger partial charge in [-0.2, -0.15) is 0 Å². The molecule has 0 saturated heterocycles. The van der Waals surface area contributed by atoms with Gasteiger partial charge < -0.3 is 15.8 Å². The summed E-state index contributed by atoms with van der Waals surface area (Å²) < 4.78 is 5.46. The third kappa shape index (κ3) is 6.36. The highest BCUT2D eigenvalue weighted by molar-refractivity contribution is 6.32. The summed E-state index contributed by atoms with van der Waals surface area (Å²) in [5.41, 5.74) is 7.00. The van der Waals surface area contributed by atoms with Crippen molar-refractivity contribution in [2.24, 2.45) is 5.73 Å². The van der Waals surface area contributed by atoms with Crippen LogP contribution in [0, 0.1) is 0 Å². The van der Waals surface area contributed by atoms with Crippen molar-refractivity contribution in [1.29, 1.82) is 0 Å². The lowest BCUT2D eigenvalue weighted by Crippen LogP contribution is -2.35. The molecule has 0 spiro atoms. The predicted octanol–water partition coefficient (Wildman–Crippen LogP) is 2.91. The SMILES string of the molecule is CCC(N)Cc1ccc(OCC(=O)NC(C)CC)c(Cl)c1. The summed E-state index contributed by atoms with van der Waals surface area (Å²) in [7, 11) is 0. The summed E-state index contributed by atoms with van der Waals surface area (Å²) in [4.78, 5) is 11.7. The number of ether oxygens (including phenoxy) is 1. The van der Waals surface area contributed by atoms with Gasteiger partial charge in [0.1, 0.15) is 5.75 Å². The van der Waals surface area contributed by atoms with Crippen LogP contribution >= 0.6 is 11.6 Å². The number of halogens is 1. The quantitative estimate of drug-likeness (QED) is 0.775.